The Balaban J connectivity index is 0.00000259. The van der Waals surface area contributed by atoms with E-state index >= 15 is 0 Å². The van der Waals surface area contributed by atoms with Crippen LogP contribution in [0.5, 0.6) is 5.75 Å². The number of nitrogens with zero attached hydrogens (tertiary/aromatic N) is 3. The van der Waals surface area contributed by atoms with E-state index in [1.54, 1.807) is 17.9 Å². The molecule has 0 saturated heterocycles. The number of anilines is 2. The summed E-state index contributed by atoms with van der Waals surface area (Å²) in [5.41, 5.74) is 2.84. The Morgan fingerprint density at radius 1 is 1.15 bits per heavy atom. The summed E-state index contributed by atoms with van der Waals surface area (Å²) in [6, 6.07) is 18.7. The van der Waals surface area contributed by atoms with Gasteiger partial charge in [0.2, 0.25) is 5.95 Å². The van der Waals surface area contributed by atoms with Crippen LogP contribution >= 0.6 is 35.3 Å². The molecule has 0 spiro atoms. The summed E-state index contributed by atoms with van der Waals surface area (Å²) in [6.45, 7) is 0. The Bertz CT molecular complexity index is 1290. The van der Waals surface area contributed by atoms with Crippen LogP contribution in [0, 0.1) is 0 Å². The van der Waals surface area contributed by atoms with Crippen LogP contribution in [-0.2, 0) is 0 Å². The molecule has 1 unspecified atom stereocenters. The molecule has 10 heteroatoms. The number of hydrogen-bond donors (Lipinski definition) is 2. The van der Waals surface area contributed by atoms with E-state index < -0.39 is 0 Å². The van der Waals surface area contributed by atoms with Gasteiger partial charge in [-0.25, -0.2) is 4.68 Å². The first-order chi connectivity index (χ1) is 15.6. The van der Waals surface area contributed by atoms with Crippen molar-refractivity contribution in [3.05, 3.63) is 93.1 Å². The minimum Gasteiger partial charge on any atom is -0.497 e. The molecule has 3 heterocycles. The molecule has 0 saturated carbocycles. The van der Waals surface area contributed by atoms with E-state index in [1.165, 1.54) is 11.3 Å². The maximum atomic E-state index is 12.5. The monoisotopic (exact) mass is 499 g/mol. The van der Waals surface area contributed by atoms with E-state index in [0.717, 1.165) is 22.6 Å². The molecule has 4 aromatic rings. The van der Waals surface area contributed by atoms with Crippen molar-refractivity contribution in [2.75, 3.05) is 17.7 Å². The van der Waals surface area contributed by atoms with Crippen LogP contribution in [0.25, 0.3) is 5.70 Å². The number of aromatic nitrogens is 3. The average molecular weight is 500 g/mol. The summed E-state index contributed by atoms with van der Waals surface area (Å²) < 4.78 is 7.04. The van der Waals surface area contributed by atoms with Gasteiger partial charge in [0.15, 0.2) is 0 Å². The van der Waals surface area contributed by atoms with Gasteiger partial charge in [0.05, 0.1) is 12.0 Å². The summed E-state index contributed by atoms with van der Waals surface area (Å²) in [4.78, 5) is 17.6. The zero-order valence-corrected chi connectivity index (χ0v) is 19.7. The average Bonchev–Trinajstić information content (AvgIpc) is 3.49. The summed E-state index contributed by atoms with van der Waals surface area (Å²) >= 11 is 7.42. The van der Waals surface area contributed by atoms with Gasteiger partial charge in [-0.05, 0) is 52.9 Å². The molecule has 2 aromatic heterocycles. The third-order valence-corrected chi connectivity index (χ3v) is 6.17. The fourth-order valence-electron chi connectivity index (χ4n) is 3.45. The minimum atomic E-state index is -0.241. The number of benzene rings is 2. The summed E-state index contributed by atoms with van der Waals surface area (Å²) in [5, 5.41) is 13.2. The molecule has 33 heavy (non-hydrogen) atoms. The third-order valence-electron chi connectivity index (χ3n) is 5.05. The van der Waals surface area contributed by atoms with Gasteiger partial charge >= 0.3 is 0 Å². The lowest BCUT2D eigenvalue weighted by molar-refractivity contribution is 0.102. The van der Waals surface area contributed by atoms with Gasteiger partial charge in [-0.2, -0.15) is 4.98 Å². The van der Waals surface area contributed by atoms with Crippen LogP contribution in [0.4, 0.5) is 11.9 Å². The summed E-state index contributed by atoms with van der Waals surface area (Å²) in [6.07, 6.45) is 2.07. The second-order valence-corrected chi connectivity index (χ2v) is 8.45. The van der Waals surface area contributed by atoms with Crippen molar-refractivity contribution in [1.82, 2.24) is 14.8 Å². The van der Waals surface area contributed by atoms with Crippen molar-refractivity contribution in [3.63, 3.8) is 0 Å². The topological polar surface area (TPSA) is 81.1 Å². The van der Waals surface area contributed by atoms with Crippen LogP contribution in [0.2, 0.25) is 5.02 Å². The van der Waals surface area contributed by atoms with Gasteiger partial charge in [0, 0.05) is 10.7 Å². The number of allylic oxidation sites excluding steroid dienone is 1. The van der Waals surface area contributed by atoms with Crippen molar-refractivity contribution in [3.8, 4) is 5.75 Å². The number of rotatable bonds is 5. The highest BCUT2D eigenvalue weighted by Crippen LogP contribution is 2.34. The number of fused-ring (bicyclic) bond motifs is 1. The Kier molecular flexibility index (Phi) is 6.69. The molecule has 1 aliphatic rings. The van der Waals surface area contributed by atoms with Crippen molar-refractivity contribution in [2.24, 2.45) is 0 Å². The van der Waals surface area contributed by atoms with Crippen molar-refractivity contribution < 1.29 is 9.53 Å². The molecule has 0 aliphatic carbocycles. The molecule has 0 radical (unpaired) electrons. The van der Waals surface area contributed by atoms with E-state index in [2.05, 4.69) is 26.8 Å². The summed E-state index contributed by atoms with van der Waals surface area (Å²) in [5.74, 6) is 1.29. The first kappa shape index (κ1) is 22.8. The second-order valence-electron chi connectivity index (χ2n) is 7.07. The molecular weight excluding hydrogens is 481 g/mol. The Hall–Kier alpha value is -3.33. The zero-order chi connectivity index (χ0) is 22.1. The third kappa shape index (κ3) is 4.73. The largest absolute Gasteiger partial charge is 0.497 e. The number of ether oxygens (including phenoxy) is 1. The molecule has 5 rings (SSSR count). The first-order valence-corrected chi connectivity index (χ1v) is 11.1. The lowest BCUT2D eigenvalue weighted by atomic mass is 10.0. The Morgan fingerprint density at radius 3 is 2.58 bits per heavy atom. The Morgan fingerprint density at radius 2 is 1.91 bits per heavy atom. The molecule has 7 nitrogen and oxygen atoms in total. The van der Waals surface area contributed by atoms with Crippen molar-refractivity contribution >= 4 is 58.8 Å². The first-order valence-electron chi connectivity index (χ1n) is 9.81. The number of methoxy groups -OCH3 is 1. The molecule has 1 atom stereocenters. The fourth-order valence-corrected chi connectivity index (χ4v) is 4.20. The normalized spacial score (nSPS) is 14.4. The predicted molar refractivity (Wildman–Crippen MR) is 134 cm³/mol. The number of carbonyl (C=O) groups is 1. The highest BCUT2D eigenvalue weighted by Gasteiger charge is 2.26. The molecule has 0 bridgehead atoms. The van der Waals surface area contributed by atoms with Crippen LogP contribution in [0.3, 0.4) is 0 Å². The van der Waals surface area contributed by atoms with Gasteiger partial charge in [-0.15, -0.1) is 28.8 Å². The number of halogens is 2. The highest BCUT2D eigenvalue weighted by molar-refractivity contribution is 7.12. The van der Waals surface area contributed by atoms with Gasteiger partial charge in [-0.1, -0.05) is 41.9 Å². The van der Waals surface area contributed by atoms with Crippen molar-refractivity contribution in [2.45, 2.75) is 6.04 Å². The summed E-state index contributed by atoms with van der Waals surface area (Å²) in [7, 11) is 1.64. The van der Waals surface area contributed by atoms with Gasteiger partial charge < -0.3 is 10.1 Å². The smallest absolute Gasteiger partial charge is 0.268 e. The second kappa shape index (κ2) is 9.66. The number of amides is 1. The van der Waals surface area contributed by atoms with Crippen molar-refractivity contribution in [1.29, 1.82) is 0 Å². The molecule has 2 aromatic carbocycles. The molecule has 168 valence electrons. The van der Waals surface area contributed by atoms with Gasteiger partial charge in [-0.3, -0.25) is 10.1 Å². The standard InChI is InChI=1S/C23H18ClN5O2S.ClH/c1-31-17-10-6-15(7-11-17)19-13-18(14-4-8-16(24)9-5-14)25-23-27-22(28-29(19)23)26-21(30)20-3-2-12-32-20;/h2-13,19H,1H3,(H2,25,26,27,28,30);1H. The van der Waals surface area contributed by atoms with E-state index in [0.29, 0.717) is 15.8 Å². The zero-order valence-electron chi connectivity index (χ0n) is 17.4. The molecular formula is C23H19Cl2N5O2S. The maximum absolute atomic E-state index is 12.5. The maximum Gasteiger partial charge on any atom is 0.268 e. The van der Waals surface area contributed by atoms with Crippen LogP contribution in [-0.4, -0.2) is 27.8 Å². The molecule has 2 N–H and O–H groups in total. The van der Waals surface area contributed by atoms with Gasteiger partial charge in [0.25, 0.3) is 11.9 Å². The van der Waals surface area contributed by atoms with Crippen LogP contribution < -0.4 is 15.4 Å². The molecule has 1 amide bonds. The predicted octanol–water partition coefficient (Wildman–Crippen LogP) is 5.73. The van der Waals surface area contributed by atoms with Crippen LogP contribution in [0.15, 0.2) is 72.1 Å². The Labute approximate surface area is 205 Å². The van der Waals surface area contributed by atoms with E-state index in [-0.39, 0.29) is 30.3 Å². The molecule has 0 fully saturated rings. The van der Waals surface area contributed by atoms with E-state index in [4.69, 9.17) is 16.3 Å². The lowest BCUT2D eigenvalue weighted by Gasteiger charge is -2.24. The number of thiophene rings is 1. The molecule has 1 aliphatic heterocycles. The van der Waals surface area contributed by atoms with Crippen LogP contribution in [0.1, 0.15) is 26.8 Å². The minimum absolute atomic E-state index is 0. The number of carbonyl (C=O) groups excluding carboxylic acids is 1. The number of nitrogens with one attached hydrogen (secondary N) is 2. The quantitative estimate of drug-likeness (QED) is 0.366. The van der Waals surface area contributed by atoms with Gasteiger partial charge in [0.1, 0.15) is 11.8 Å². The van der Waals surface area contributed by atoms with E-state index in [9.17, 15) is 4.79 Å². The van der Waals surface area contributed by atoms with E-state index in [1.807, 2.05) is 60.0 Å². The fraction of sp³-hybridized carbons (Fsp3) is 0.0870. The SMILES string of the molecule is COc1ccc(C2C=C(c3ccc(Cl)cc3)Nc3nc(NC(=O)c4cccs4)nn32)cc1.Cl. The highest BCUT2D eigenvalue weighted by atomic mass is 35.5. The lowest BCUT2D eigenvalue weighted by Crippen LogP contribution is -2.20. The number of hydrogen-bond acceptors (Lipinski definition) is 6.